The van der Waals surface area contributed by atoms with Crippen LogP contribution >= 0.6 is 37.0 Å². The number of rotatable bonds is 14. The number of hydrogen-bond acceptors (Lipinski definition) is 8. The van der Waals surface area contributed by atoms with Gasteiger partial charge in [0.2, 0.25) is 17.7 Å². The molecule has 0 aromatic heterocycles. The monoisotopic (exact) mass is 468 g/mol. The second kappa shape index (κ2) is 14.8. The Morgan fingerprint density at radius 1 is 0.931 bits per heavy atom. The van der Waals surface area contributed by atoms with Crippen LogP contribution in [0.15, 0.2) is 0 Å². The fraction of sp³-hybridized carbons (Fsp3) is 0.765. The number of thioether (sulfide) groups is 1. The second-order valence-corrected chi connectivity index (χ2v) is 8.62. The van der Waals surface area contributed by atoms with Gasteiger partial charge >= 0.3 is 5.97 Å². The van der Waals surface area contributed by atoms with Gasteiger partial charge in [0, 0.05) is 11.5 Å². The summed E-state index contributed by atoms with van der Waals surface area (Å²) in [6.45, 7) is 3.75. The molecular formula is C17H32N4O5S3. The van der Waals surface area contributed by atoms with Gasteiger partial charge in [0.25, 0.3) is 0 Å². The van der Waals surface area contributed by atoms with Gasteiger partial charge in [0.1, 0.15) is 18.1 Å². The molecule has 3 amide bonds. The van der Waals surface area contributed by atoms with Crippen LogP contribution in [0.3, 0.4) is 0 Å². The Hall–Kier alpha value is -1.11. The molecule has 12 heteroatoms. The number of carbonyl (C=O) groups excluding carboxylic acids is 3. The van der Waals surface area contributed by atoms with Crippen LogP contribution < -0.4 is 21.7 Å². The molecule has 0 aliphatic heterocycles. The molecule has 4 unspecified atom stereocenters. The van der Waals surface area contributed by atoms with Crippen LogP contribution in [0.2, 0.25) is 0 Å². The maximum Gasteiger partial charge on any atom is 0.327 e. The fourth-order valence-corrected chi connectivity index (χ4v) is 3.18. The smallest absolute Gasteiger partial charge is 0.327 e. The number of thiol groups is 2. The lowest BCUT2D eigenvalue weighted by Gasteiger charge is -2.25. The van der Waals surface area contributed by atoms with Crippen molar-refractivity contribution in [3.63, 3.8) is 0 Å². The Bertz CT molecular complexity index is 565. The van der Waals surface area contributed by atoms with Crippen molar-refractivity contribution in [1.82, 2.24) is 16.0 Å². The zero-order valence-corrected chi connectivity index (χ0v) is 19.5. The van der Waals surface area contributed by atoms with Gasteiger partial charge in [-0.3, -0.25) is 14.4 Å². The minimum Gasteiger partial charge on any atom is -0.480 e. The van der Waals surface area contributed by atoms with Crippen molar-refractivity contribution in [2.45, 2.75) is 50.9 Å². The molecule has 6 N–H and O–H groups in total. The summed E-state index contributed by atoms with van der Waals surface area (Å²) < 4.78 is 0. The SMILES string of the molecule is CSCCC(NC(=O)C(N)CS)C(=O)NC(CC(C)C)C(=O)NC(CS)C(=O)O. The maximum absolute atomic E-state index is 12.8. The zero-order valence-electron chi connectivity index (χ0n) is 16.9. The number of carboxylic acid groups (broad SMARTS) is 1. The lowest BCUT2D eigenvalue weighted by molar-refractivity contribution is -0.141. The summed E-state index contributed by atoms with van der Waals surface area (Å²) in [4.78, 5) is 48.6. The van der Waals surface area contributed by atoms with E-state index in [9.17, 15) is 19.2 Å². The van der Waals surface area contributed by atoms with Crippen LogP contribution in [-0.4, -0.2) is 76.5 Å². The predicted octanol–water partition coefficient (Wildman–Crippen LogP) is -0.488. The summed E-state index contributed by atoms with van der Waals surface area (Å²) in [5.74, 6) is -2.16. The standard InChI is InChI=1S/C17H32N4O5S3/c1-9(2)6-12(16(24)21-13(8-28)17(25)26)20-15(23)11(4-5-29-3)19-14(22)10(18)7-27/h9-13,27-28H,4-8,18H2,1-3H3,(H,19,22)(H,20,23)(H,21,24)(H,25,26). The Balaban J connectivity index is 5.31. The van der Waals surface area contributed by atoms with Crippen LogP contribution in [0.5, 0.6) is 0 Å². The van der Waals surface area contributed by atoms with Crippen molar-refractivity contribution < 1.29 is 24.3 Å². The molecule has 9 nitrogen and oxygen atoms in total. The number of nitrogens with one attached hydrogen (secondary N) is 3. The molecule has 0 saturated carbocycles. The first kappa shape index (κ1) is 27.9. The molecule has 0 aliphatic rings. The first-order valence-corrected chi connectivity index (χ1v) is 11.8. The molecule has 0 bridgehead atoms. The number of hydrogen-bond donors (Lipinski definition) is 7. The topological polar surface area (TPSA) is 151 Å². The molecule has 168 valence electrons. The van der Waals surface area contributed by atoms with E-state index in [-0.39, 0.29) is 17.4 Å². The highest BCUT2D eigenvalue weighted by atomic mass is 32.2. The van der Waals surface area contributed by atoms with E-state index < -0.39 is 47.9 Å². The summed E-state index contributed by atoms with van der Waals surface area (Å²) in [6.07, 6.45) is 2.52. The average molecular weight is 469 g/mol. The molecule has 0 heterocycles. The third-order valence-electron chi connectivity index (χ3n) is 3.91. The van der Waals surface area contributed by atoms with E-state index in [1.165, 1.54) is 11.8 Å². The van der Waals surface area contributed by atoms with Crippen molar-refractivity contribution in [3.8, 4) is 0 Å². The molecule has 0 saturated heterocycles. The zero-order chi connectivity index (χ0) is 22.6. The highest BCUT2D eigenvalue weighted by Gasteiger charge is 2.30. The molecule has 0 radical (unpaired) electrons. The maximum atomic E-state index is 12.8. The Morgan fingerprint density at radius 3 is 1.90 bits per heavy atom. The number of carbonyl (C=O) groups is 4. The van der Waals surface area contributed by atoms with Crippen molar-refractivity contribution in [3.05, 3.63) is 0 Å². The Morgan fingerprint density at radius 2 is 1.45 bits per heavy atom. The molecule has 0 spiro atoms. The van der Waals surface area contributed by atoms with Gasteiger partial charge < -0.3 is 26.8 Å². The van der Waals surface area contributed by atoms with Gasteiger partial charge in [-0.1, -0.05) is 13.8 Å². The number of carboxylic acids is 1. The van der Waals surface area contributed by atoms with E-state index in [0.29, 0.717) is 18.6 Å². The van der Waals surface area contributed by atoms with E-state index in [0.717, 1.165) is 0 Å². The molecule has 4 atom stereocenters. The van der Waals surface area contributed by atoms with Gasteiger partial charge in [0.05, 0.1) is 6.04 Å². The molecule has 0 fully saturated rings. The average Bonchev–Trinajstić information content (AvgIpc) is 2.66. The van der Waals surface area contributed by atoms with E-state index >= 15 is 0 Å². The van der Waals surface area contributed by atoms with Gasteiger partial charge in [-0.15, -0.1) is 0 Å². The summed E-state index contributed by atoms with van der Waals surface area (Å²) in [6, 6.07) is -3.85. The van der Waals surface area contributed by atoms with E-state index in [1.807, 2.05) is 20.1 Å². The third-order valence-corrected chi connectivity index (χ3v) is 5.32. The summed E-state index contributed by atoms with van der Waals surface area (Å²) in [5, 5.41) is 16.7. The largest absolute Gasteiger partial charge is 0.480 e. The first-order chi connectivity index (χ1) is 13.6. The first-order valence-electron chi connectivity index (χ1n) is 9.17. The predicted molar refractivity (Wildman–Crippen MR) is 122 cm³/mol. The molecular weight excluding hydrogens is 436 g/mol. The van der Waals surface area contributed by atoms with Crippen LogP contribution in [0.1, 0.15) is 26.7 Å². The third kappa shape index (κ3) is 11.0. The fourth-order valence-electron chi connectivity index (χ4n) is 2.30. The molecule has 29 heavy (non-hydrogen) atoms. The van der Waals surface area contributed by atoms with Crippen LogP contribution in [0.4, 0.5) is 0 Å². The molecule has 0 aromatic carbocycles. The molecule has 0 aromatic rings. The lowest BCUT2D eigenvalue weighted by Crippen LogP contribution is -2.57. The van der Waals surface area contributed by atoms with Gasteiger partial charge in [0.15, 0.2) is 0 Å². The van der Waals surface area contributed by atoms with E-state index in [2.05, 4.69) is 41.2 Å². The summed E-state index contributed by atoms with van der Waals surface area (Å²) >= 11 is 9.41. The van der Waals surface area contributed by atoms with Gasteiger partial charge in [-0.25, -0.2) is 4.79 Å². The van der Waals surface area contributed by atoms with E-state index in [4.69, 9.17) is 10.8 Å². The number of amides is 3. The summed E-state index contributed by atoms with van der Waals surface area (Å²) in [5.41, 5.74) is 5.66. The highest BCUT2D eigenvalue weighted by Crippen LogP contribution is 2.08. The van der Waals surface area contributed by atoms with Crippen molar-refractivity contribution in [2.75, 3.05) is 23.5 Å². The number of nitrogens with two attached hydrogens (primary N) is 1. The Labute approximate surface area is 186 Å². The highest BCUT2D eigenvalue weighted by molar-refractivity contribution is 7.98. The molecule has 0 rings (SSSR count). The van der Waals surface area contributed by atoms with Crippen molar-refractivity contribution in [2.24, 2.45) is 11.7 Å². The van der Waals surface area contributed by atoms with Gasteiger partial charge in [-0.2, -0.15) is 37.0 Å². The van der Waals surface area contributed by atoms with Crippen LogP contribution in [0, 0.1) is 5.92 Å². The number of aliphatic carboxylic acids is 1. The minimum atomic E-state index is -1.21. The normalized spacial score (nSPS) is 15.1. The van der Waals surface area contributed by atoms with Gasteiger partial charge in [-0.05, 0) is 30.8 Å². The van der Waals surface area contributed by atoms with Crippen LogP contribution in [-0.2, 0) is 19.2 Å². The quantitative estimate of drug-likeness (QED) is 0.170. The lowest BCUT2D eigenvalue weighted by atomic mass is 10.0. The van der Waals surface area contributed by atoms with Crippen LogP contribution in [0.25, 0.3) is 0 Å². The molecule has 0 aliphatic carbocycles. The van der Waals surface area contributed by atoms with E-state index in [1.54, 1.807) is 0 Å². The Kier molecular flexibility index (Phi) is 14.2. The minimum absolute atomic E-state index is 0.0576. The summed E-state index contributed by atoms with van der Waals surface area (Å²) in [7, 11) is 0. The van der Waals surface area contributed by atoms with Crippen molar-refractivity contribution >= 4 is 60.7 Å². The second-order valence-electron chi connectivity index (χ2n) is 6.90. The van der Waals surface area contributed by atoms with Crippen molar-refractivity contribution in [1.29, 1.82) is 0 Å².